The third-order valence-electron chi connectivity index (χ3n) is 6.65. The van der Waals surface area contributed by atoms with Gasteiger partial charge in [-0.2, -0.15) is 14.8 Å². The fourth-order valence-corrected chi connectivity index (χ4v) is 4.94. The minimum atomic E-state index is 0.590. The first-order chi connectivity index (χ1) is 17.8. The van der Waals surface area contributed by atoms with Crippen LogP contribution >= 0.6 is 0 Å². The first-order valence-corrected chi connectivity index (χ1v) is 12.4. The Kier molecular flexibility index (Phi) is 6.13. The third-order valence-corrected chi connectivity index (χ3v) is 6.65. The smallest absolute Gasteiger partial charge is 0.205 e. The molecule has 0 unspecified atom stereocenters. The van der Waals surface area contributed by atoms with Crippen LogP contribution in [0.2, 0.25) is 0 Å². The van der Waals surface area contributed by atoms with Crippen molar-refractivity contribution in [2.45, 2.75) is 26.2 Å². The van der Waals surface area contributed by atoms with Gasteiger partial charge in [-0.15, -0.1) is 10.2 Å². The zero-order valence-corrected chi connectivity index (χ0v) is 20.3. The first-order valence-electron chi connectivity index (χ1n) is 12.4. The second kappa shape index (κ2) is 9.87. The molecule has 0 saturated carbocycles. The lowest BCUT2D eigenvalue weighted by molar-refractivity contribution is 0.122. The molecule has 1 saturated heterocycles. The number of ether oxygens (including phenoxy) is 1. The van der Waals surface area contributed by atoms with E-state index in [0.29, 0.717) is 5.82 Å². The van der Waals surface area contributed by atoms with Gasteiger partial charge in [0.15, 0.2) is 5.65 Å². The molecule has 36 heavy (non-hydrogen) atoms. The fraction of sp³-hybridized carbons (Fsp3) is 0.296. The Hall–Kier alpha value is -4.11. The summed E-state index contributed by atoms with van der Waals surface area (Å²) in [4.78, 5) is 7.40. The maximum absolute atomic E-state index is 5.64. The highest BCUT2D eigenvalue weighted by Gasteiger charge is 2.23. The van der Waals surface area contributed by atoms with E-state index in [2.05, 4.69) is 67.9 Å². The van der Waals surface area contributed by atoms with E-state index in [1.165, 1.54) is 11.1 Å². The number of hydrogen-bond donors (Lipinski definition) is 1. The third kappa shape index (κ3) is 4.22. The Balaban J connectivity index is 1.38. The fourth-order valence-electron chi connectivity index (χ4n) is 4.94. The molecule has 2 aromatic carbocycles. The van der Waals surface area contributed by atoms with Gasteiger partial charge < -0.3 is 9.64 Å². The second-order valence-electron chi connectivity index (χ2n) is 8.97. The molecular weight excluding hydrogens is 452 g/mol. The number of aryl methyl sites for hydroxylation is 1. The minimum absolute atomic E-state index is 0.590. The van der Waals surface area contributed by atoms with Gasteiger partial charge in [0.1, 0.15) is 5.82 Å². The molecular formula is C27H28N8O. The topological polar surface area (TPSA) is 97.1 Å². The zero-order valence-electron chi connectivity index (χ0n) is 20.3. The number of anilines is 1. The molecule has 9 heteroatoms. The molecule has 0 amide bonds. The van der Waals surface area contributed by atoms with Gasteiger partial charge in [-0.3, -0.25) is 0 Å². The molecule has 1 fully saturated rings. The Morgan fingerprint density at radius 2 is 1.78 bits per heavy atom. The number of hydrogen-bond acceptors (Lipinski definition) is 7. The van der Waals surface area contributed by atoms with Crippen LogP contribution in [0.1, 0.15) is 30.2 Å². The summed E-state index contributed by atoms with van der Waals surface area (Å²) in [6.45, 7) is 5.35. The van der Waals surface area contributed by atoms with Crippen LogP contribution in [0.3, 0.4) is 0 Å². The van der Waals surface area contributed by atoms with Gasteiger partial charge in [-0.25, -0.2) is 4.98 Å². The molecule has 0 radical (unpaired) electrons. The summed E-state index contributed by atoms with van der Waals surface area (Å²) in [6.07, 6.45) is 4.60. The number of nitrogens with zero attached hydrogens (tertiary/aromatic N) is 7. The van der Waals surface area contributed by atoms with Crippen LogP contribution in [0, 0.1) is 0 Å². The van der Waals surface area contributed by atoms with Crippen molar-refractivity contribution in [3.05, 3.63) is 77.6 Å². The van der Waals surface area contributed by atoms with Gasteiger partial charge in [0.05, 0.1) is 25.1 Å². The van der Waals surface area contributed by atoms with Crippen LogP contribution in [0.5, 0.6) is 0 Å². The summed E-state index contributed by atoms with van der Waals surface area (Å²) in [5.41, 5.74) is 7.67. The van der Waals surface area contributed by atoms with Crippen LogP contribution in [-0.4, -0.2) is 61.5 Å². The first kappa shape index (κ1) is 22.4. The maximum atomic E-state index is 5.64. The van der Waals surface area contributed by atoms with E-state index in [0.717, 1.165) is 79.4 Å². The second-order valence-corrected chi connectivity index (χ2v) is 8.97. The molecule has 1 N–H and O–H groups in total. The molecule has 182 valence electrons. The summed E-state index contributed by atoms with van der Waals surface area (Å²) in [6, 6.07) is 18.9. The summed E-state index contributed by atoms with van der Waals surface area (Å²) < 4.78 is 7.64. The van der Waals surface area contributed by atoms with Crippen molar-refractivity contribution in [2.24, 2.45) is 0 Å². The quantitative estimate of drug-likeness (QED) is 0.377. The van der Waals surface area contributed by atoms with E-state index in [4.69, 9.17) is 9.72 Å². The molecule has 9 nitrogen and oxygen atoms in total. The molecule has 1 aliphatic heterocycles. The summed E-state index contributed by atoms with van der Waals surface area (Å²) in [5, 5.41) is 19.2. The van der Waals surface area contributed by atoms with Crippen molar-refractivity contribution in [1.82, 2.24) is 35.2 Å². The molecule has 6 rings (SSSR count). The normalized spacial score (nSPS) is 14.0. The lowest BCUT2D eigenvalue weighted by Gasteiger charge is -2.31. The highest BCUT2D eigenvalue weighted by molar-refractivity contribution is 5.80. The van der Waals surface area contributed by atoms with Crippen LogP contribution in [-0.2, 0) is 17.6 Å². The number of rotatable bonds is 7. The highest BCUT2D eigenvalue weighted by Crippen LogP contribution is 2.32. The van der Waals surface area contributed by atoms with E-state index in [1.54, 1.807) is 0 Å². The number of nitrogens with one attached hydrogen (secondary N) is 1. The average molecular weight is 481 g/mol. The molecule has 0 spiro atoms. The van der Waals surface area contributed by atoms with E-state index in [1.807, 2.05) is 35.0 Å². The van der Waals surface area contributed by atoms with Gasteiger partial charge >= 0.3 is 0 Å². The minimum Gasteiger partial charge on any atom is -0.378 e. The van der Waals surface area contributed by atoms with E-state index < -0.39 is 0 Å². The average Bonchev–Trinajstić information content (AvgIpc) is 3.63. The number of aromatic nitrogens is 7. The summed E-state index contributed by atoms with van der Waals surface area (Å²) in [7, 11) is 0. The number of fused-ring (bicyclic) bond motifs is 1. The number of benzene rings is 2. The number of morpholine rings is 1. The van der Waals surface area contributed by atoms with Crippen molar-refractivity contribution in [2.75, 3.05) is 31.2 Å². The maximum Gasteiger partial charge on any atom is 0.205 e. The van der Waals surface area contributed by atoms with E-state index in [-0.39, 0.29) is 0 Å². The lowest BCUT2D eigenvalue weighted by Crippen LogP contribution is -2.38. The monoisotopic (exact) mass is 480 g/mol. The molecule has 4 heterocycles. The Bertz CT molecular complexity index is 1450. The number of H-pyrrole nitrogens is 1. The standard InChI is InChI=1S/C27H28N8O/c1-2-5-24-23(27(34-14-16-36-17-15-34)35-25(29-24)12-13-28-35)18-19-8-10-20(11-9-19)21-6-3-4-7-22(21)26-30-32-33-31-26/h3-4,6-13H,2,5,14-18H2,1H3,(H,30,31,32,33). The number of aromatic amines is 1. The Morgan fingerprint density at radius 3 is 2.53 bits per heavy atom. The lowest BCUT2D eigenvalue weighted by atomic mass is 9.96. The molecule has 5 aromatic rings. The van der Waals surface area contributed by atoms with Crippen molar-refractivity contribution in [3.8, 4) is 22.5 Å². The molecule has 3 aromatic heterocycles. The van der Waals surface area contributed by atoms with Crippen molar-refractivity contribution < 1.29 is 4.74 Å². The van der Waals surface area contributed by atoms with Gasteiger partial charge in [-0.1, -0.05) is 61.9 Å². The van der Waals surface area contributed by atoms with Gasteiger partial charge in [0.25, 0.3) is 0 Å². The predicted molar refractivity (Wildman–Crippen MR) is 138 cm³/mol. The van der Waals surface area contributed by atoms with E-state index >= 15 is 0 Å². The molecule has 0 atom stereocenters. The summed E-state index contributed by atoms with van der Waals surface area (Å²) in [5.74, 6) is 1.73. The highest BCUT2D eigenvalue weighted by atomic mass is 16.5. The molecule has 0 aliphatic carbocycles. The predicted octanol–water partition coefficient (Wildman–Crippen LogP) is 3.96. The molecule has 1 aliphatic rings. The van der Waals surface area contributed by atoms with Crippen molar-refractivity contribution in [1.29, 1.82) is 0 Å². The van der Waals surface area contributed by atoms with Crippen LogP contribution < -0.4 is 4.90 Å². The molecule has 0 bridgehead atoms. The van der Waals surface area contributed by atoms with Crippen LogP contribution in [0.4, 0.5) is 5.82 Å². The van der Waals surface area contributed by atoms with Crippen molar-refractivity contribution in [3.63, 3.8) is 0 Å². The van der Waals surface area contributed by atoms with Crippen LogP contribution in [0.15, 0.2) is 60.8 Å². The number of tetrazole rings is 1. The van der Waals surface area contributed by atoms with Crippen LogP contribution in [0.25, 0.3) is 28.2 Å². The SMILES string of the molecule is CCCc1nc2ccnn2c(N2CCOCC2)c1Cc1ccc(-c2ccccc2-c2nn[nH]n2)cc1. The van der Waals surface area contributed by atoms with Gasteiger partial charge in [0.2, 0.25) is 5.82 Å². The van der Waals surface area contributed by atoms with E-state index in [9.17, 15) is 0 Å². The Morgan fingerprint density at radius 1 is 0.972 bits per heavy atom. The van der Waals surface area contributed by atoms with Gasteiger partial charge in [-0.05, 0) is 28.3 Å². The Labute approximate surface area is 209 Å². The zero-order chi connectivity index (χ0) is 24.3. The van der Waals surface area contributed by atoms with Gasteiger partial charge in [0, 0.05) is 36.7 Å². The summed E-state index contributed by atoms with van der Waals surface area (Å²) >= 11 is 0. The van der Waals surface area contributed by atoms with Crippen molar-refractivity contribution >= 4 is 11.5 Å². The largest absolute Gasteiger partial charge is 0.378 e.